The van der Waals surface area contributed by atoms with Gasteiger partial charge in [0.05, 0.1) is 0 Å². The average molecular weight is 374 g/mol. The van der Waals surface area contributed by atoms with Crippen LogP contribution < -0.4 is 10.2 Å². The van der Waals surface area contributed by atoms with Gasteiger partial charge in [0.15, 0.2) is 0 Å². The molecule has 24 heavy (non-hydrogen) atoms. The molecule has 0 spiro atoms. The van der Waals surface area contributed by atoms with Crippen molar-refractivity contribution in [3.8, 4) is 0 Å². The monoisotopic (exact) mass is 373 g/mol. The Morgan fingerprint density at radius 3 is 2.50 bits per heavy atom. The third kappa shape index (κ3) is 4.78. The molecule has 2 heterocycles. The quantitative estimate of drug-likeness (QED) is 0.884. The van der Waals surface area contributed by atoms with Crippen LogP contribution in [0.1, 0.15) is 24.0 Å². The number of nitrogens with one attached hydrogen (secondary N) is 1. The lowest BCUT2D eigenvalue weighted by Gasteiger charge is -2.37. The highest BCUT2D eigenvalue weighted by atomic mass is 35.5. The molecule has 3 rings (SSSR count). The molecular formula is C18H29Cl2N3O. The van der Waals surface area contributed by atoms with Gasteiger partial charge in [-0.2, -0.15) is 0 Å². The predicted molar refractivity (Wildman–Crippen MR) is 105 cm³/mol. The highest BCUT2D eigenvalue weighted by Gasteiger charge is 2.25. The van der Waals surface area contributed by atoms with Gasteiger partial charge < -0.3 is 15.1 Å². The minimum absolute atomic E-state index is 0. The number of hydrogen-bond donors (Lipinski definition) is 1. The molecule has 0 saturated carbocycles. The summed E-state index contributed by atoms with van der Waals surface area (Å²) in [5.74, 6) is 0.888. The van der Waals surface area contributed by atoms with Crippen molar-refractivity contribution < 1.29 is 4.79 Å². The Morgan fingerprint density at radius 1 is 1.17 bits per heavy atom. The molecule has 2 aliphatic heterocycles. The fraction of sp³-hybridized carbons (Fsp3) is 0.611. The number of carbonyl (C=O) groups excluding carboxylic acids is 1. The molecule has 1 aromatic carbocycles. The number of carbonyl (C=O) groups is 1. The standard InChI is InChI=1S/C18H27N3O.2ClH/c1-14-4-3-5-17(15(14)2)20-8-10-21(11-9-20)18(22)12-16-6-7-19-13-16;;/h3-5,16,19H,6-13H2,1-2H3;2*1H. The van der Waals surface area contributed by atoms with Crippen molar-refractivity contribution in [3.63, 3.8) is 0 Å². The van der Waals surface area contributed by atoms with Crippen molar-refractivity contribution in [2.45, 2.75) is 26.7 Å². The summed E-state index contributed by atoms with van der Waals surface area (Å²) in [5.41, 5.74) is 4.02. The first-order chi connectivity index (χ1) is 10.6. The zero-order chi connectivity index (χ0) is 15.5. The van der Waals surface area contributed by atoms with Crippen molar-refractivity contribution in [1.82, 2.24) is 10.2 Å². The smallest absolute Gasteiger partial charge is 0.223 e. The van der Waals surface area contributed by atoms with E-state index >= 15 is 0 Å². The lowest BCUT2D eigenvalue weighted by atomic mass is 10.0. The number of hydrogen-bond acceptors (Lipinski definition) is 3. The van der Waals surface area contributed by atoms with Crippen molar-refractivity contribution in [1.29, 1.82) is 0 Å². The zero-order valence-electron chi connectivity index (χ0n) is 14.6. The Labute approximate surface area is 157 Å². The van der Waals surface area contributed by atoms with E-state index in [2.05, 4.69) is 47.2 Å². The van der Waals surface area contributed by atoms with E-state index in [4.69, 9.17) is 0 Å². The van der Waals surface area contributed by atoms with Crippen LogP contribution in [0.3, 0.4) is 0 Å². The van der Waals surface area contributed by atoms with Gasteiger partial charge in [-0.3, -0.25) is 4.79 Å². The Morgan fingerprint density at radius 2 is 1.88 bits per heavy atom. The van der Waals surface area contributed by atoms with Crippen molar-refractivity contribution in [2.75, 3.05) is 44.2 Å². The molecule has 2 fully saturated rings. The van der Waals surface area contributed by atoms with E-state index in [1.54, 1.807) is 0 Å². The number of rotatable bonds is 3. The van der Waals surface area contributed by atoms with Crippen LogP contribution in [0.15, 0.2) is 18.2 Å². The van der Waals surface area contributed by atoms with Gasteiger partial charge in [-0.05, 0) is 56.5 Å². The Bertz CT molecular complexity index is 539. The average Bonchev–Trinajstić information content (AvgIpc) is 3.03. The summed E-state index contributed by atoms with van der Waals surface area (Å²) in [5, 5.41) is 3.34. The van der Waals surface area contributed by atoms with Gasteiger partial charge >= 0.3 is 0 Å². The van der Waals surface area contributed by atoms with E-state index in [-0.39, 0.29) is 24.8 Å². The number of benzene rings is 1. The van der Waals surface area contributed by atoms with E-state index in [1.165, 1.54) is 16.8 Å². The normalized spacial score (nSPS) is 20.3. The molecule has 2 aliphatic rings. The van der Waals surface area contributed by atoms with Crippen molar-refractivity contribution in [2.24, 2.45) is 5.92 Å². The summed E-state index contributed by atoms with van der Waals surface area (Å²) in [6.45, 7) is 10.0. The largest absolute Gasteiger partial charge is 0.368 e. The summed E-state index contributed by atoms with van der Waals surface area (Å²) in [7, 11) is 0. The molecule has 2 saturated heterocycles. The molecule has 6 heteroatoms. The lowest BCUT2D eigenvalue weighted by Crippen LogP contribution is -2.49. The maximum Gasteiger partial charge on any atom is 0.223 e. The Kier molecular flexibility index (Phi) is 8.34. The van der Waals surface area contributed by atoms with Crippen LogP contribution in [0, 0.1) is 19.8 Å². The van der Waals surface area contributed by atoms with Crippen LogP contribution in [0.25, 0.3) is 0 Å². The SMILES string of the molecule is Cc1cccc(N2CCN(C(=O)CC3CCNC3)CC2)c1C.Cl.Cl. The summed E-state index contributed by atoms with van der Waals surface area (Å²) in [4.78, 5) is 16.9. The minimum Gasteiger partial charge on any atom is -0.368 e. The summed E-state index contributed by atoms with van der Waals surface area (Å²) < 4.78 is 0. The number of nitrogens with zero attached hydrogens (tertiary/aromatic N) is 2. The number of amides is 1. The molecule has 136 valence electrons. The van der Waals surface area contributed by atoms with Crippen molar-refractivity contribution >= 4 is 36.4 Å². The number of anilines is 1. The first-order valence-electron chi connectivity index (χ1n) is 8.45. The molecular weight excluding hydrogens is 345 g/mol. The molecule has 0 bridgehead atoms. The molecule has 4 nitrogen and oxygen atoms in total. The predicted octanol–water partition coefficient (Wildman–Crippen LogP) is 2.80. The van der Waals surface area contributed by atoms with E-state index in [9.17, 15) is 4.79 Å². The van der Waals surface area contributed by atoms with Crippen LogP contribution >= 0.6 is 24.8 Å². The van der Waals surface area contributed by atoms with E-state index in [0.717, 1.165) is 52.1 Å². The molecule has 1 unspecified atom stereocenters. The summed E-state index contributed by atoms with van der Waals surface area (Å²) >= 11 is 0. The maximum atomic E-state index is 12.4. The maximum absolute atomic E-state index is 12.4. The second-order valence-electron chi connectivity index (χ2n) is 6.65. The van der Waals surface area contributed by atoms with E-state index < -0.39 is 0 Å². The molecule has 0 aliphatic carbocycles. The first-order valence-corrected chi connectivity index (χ1v) is 8.45. The van der Waals surface area contributed by atoms with Gasteiger partial charge in [-0.15, -0.1) is 24.8 Å². The number of aryl methyl sites for hydroxylation is 1. The van der Waals surface area contributed by atoms with Crippen LogP contribution in [-0.4, -0.2) is 50.1 Å². The number of halogens is 2. The topological polar surface area (TPSA) is 35.6 Å². The van der Waals surface area contributed by atoms with Crippen LogP contribution in [-0.2, 0) is 4.79 Å². The van der Waals surface area contributed by atoms with Crippen molar-refractivity contribution in [3.05, 3.63) is 29.3 Å². The van der Waals surface area contributed by atoms with Gasteiger partial charge in [0, 0.05) is 38.3 Å². The molecule has 1 amide bonds. The van der Waals surface area contributed by atoms with E-state index in [0.29, 0.717) is 11.8 Å². The molecule has 1 aromatic rings. The van der Waals surface area contributed by atoms with Crippen LogP contribution in [0.2, 0.25) is 0 Å². The fourth-order valence-corrected chi connectivity index (χ4v) is 3.54. The van der Waals surface area contributed by atoms with Gasteiger partial charge in [0.2, 0.25) is 5.91 Å². The Balaban J connectivity index is 0.00000144. The van der Waals surface area contributed by atoms with Crippen LogP contribution in [0.4, 0.5) is 5.69 Å². The summed E-state index contributed by atoms with van der Waals surface area (Å²) in [6.07, 6.45) is 1.87. The number of piperazine rings is 1. The second-order valence-corrected chi connectivity index (χ2v) is 6.65. The zero-order valence-corrected chi connectivity index (χ0v) is 16.2. The highest BCUT2D eigenvalue weighted by Crippen LogP contribution is 2.24. The van der Waals surface area contributed by atoms with Gasteiger partial charge in [0.1, 0.15) is 0 Å². The fourth-order valence-electron chi connectivity index (χ4n) is 3.54. The van der Waals surface area contributed by atoms with Gasteiger partial charge in [0.25, 0.3) is 0 Å². The van der Waals surface area contributed by atoms with Gasteiger partial charge in [-0.1, -0.05) is 12.1 Å². The third-order valence-electron chi connectivity index (χ3n) is 5.17. The lowest BCUT2D eigenvalue weighted by molar-refractivity contribution is -0.132. The minimum atomic E-state index is 0. The van der Waals surface area contributed by atoms with Gasteiger partial charge in [-0.25, -0.2) is 0 Å². The Hall–Kier alpha value is -0.970. The molecule has 0 radical (unpaired) electrons. The highest BCUT2D eigenvalue weighted by molar-refractivity contribution is 5.85. The second kappa shape index (κ2) is 9.50. The third-order valence-corrected chi connectivity index (χ3v) is 5.17. The molecule has 1 atom stereocenters. The van der Waals surface area contributed by atoms with Crippen LogP contribution in [0.5, 0.6) is 0 Å². The van der Waals surface area contributed by atoms with E-state index in [1.807, 2.05) is 0 Å². The molecule has 1 N–H and O–H groups in total. The molecule has 0 aromatic heterocycles. The summed E-state index contributed by atoms with van der Waals surface area (Å²) in [6, 6.07) is 6.49. The first kappa shape index (κ1) is 21.1.